The Morgan fingerprint density at radius 3 is 2.36 bits per heavy atom. The van der Waals surface area contributed by atoms with Crippen LogP contribution in [-0.4, -0.2) is 55.9 Å². The normalized spacial score (nSPS) is 55.8. The third kappa shape index (κ3) is 2.21. The van der Waals surface area contributed by atoms with Crippen LogP contribution in [0.15, 0.2) is 11.6 Å². The highest BCUT2D eigenvalue weighted by Crippen LogP contribution is 2.68. The predicted octanol–water partition coefficient (Wildman–Crippen LogP) is 1.44. The lowest BCUT2D eigenvalue weighted by Gasteiger charge is -2.64. The van der Waals surface area contributed by atoms with Gasteiger partial charge in [-0.2, -0.15) is 0 Å². The molecule has 0 bridgehead atoms. The zero-order valence-corrected chi connectivity index (χ0v) is 16.6. The number of rotatable bonds is 1. The lowest BCUT2D eigenvalue weighted by Crippen LogP contribution is -2.71. The quantitative estimate of drug-likeness (QED) is 0.503. The highest BCUT2D eigenvalue weighted by Gasteiger charge is 2.71. The molecule has 4 N–H and O–H groups in total. The molecular formula is C22H32O6. The van der Waals surface area contributed by atoms with Crippen LogP contribution in [0.3, 0.4) is 0 Å². The van der Waals surface area contributed by atoms with E-state index < -0.39 is 22.9 Å². The Morgan fingerprint density at radius 1 is 0.964 bits per heavy atom. The summed E-state index contributed by atoms with van der Waals surface area (Å²) >= 11 is 0. The molecule has 28 heavy (non-hydrogen) atoms. The molecule has 1 heterocycles. The summed E-state index contributed by atoms with van der Waals surface area (Å²) in [5.74, 6) is -0.407. The highest BCUT2D eigenvalue weighted by molar-refractivity contribution is 5.85. The molecule has 0 saturated heterocycles. The Bertz CT molecular complexity index is 735. The number of cyclic esters (lactones) is 1. The summed E-state index contributed by atoms with van der Waals surface area (Å²) in [5.41, 5.74) is -2.78. The second-order valence-electron chi connectivity index (χ2n) is 10.4. The summed E-state index contributed by atoms with van der Waals surface area (Å²) in [7, 11) is 0. The van der Waals surface area contributed by atoms with Crippen LogP contribution in [0.4, 0.5) is 0 Å². The summed E-state index contributed by atoms with van der Waals surface area (Å²) in [4.78, 5) is 11.6. The van der Waals surface area contributed by atoms with E-state index in [0.29, 0.717) is 38.7 Å². The minimum atomic E-state index is -1.26. The van der Waals surface area contributed by atoms with E-state index in [9.17, 15) is 25.2 Å². The molecule has 1 aliphatic heterocycles. The van der Waals surface area contributed by atoms with Gasteiger partial charge >= 0.3 is 5.97 Å². The minimum absolute atomic E-state index is 0.0737. The number of esters is 1. The fourth-order valence-electron chi connectivity index (χ4n) is 7.99. The maximum absolute atomic E-state index is 12.0. The second-order valence-corrected chi connectivity index (χ2v) is 10.4. The highest BCUT2D eigenvalue weighted by atomic mass is 16.5. The molecule has 5 aliphatic rings. The largest absolute Gasteiger partial charge is 0.458 e. The summed E-state index contributed by atoms with van der Waals surface area (Å²) in [6.45, 7) is 2.46. The van der Waals surface area contributed by atoms with Crippen LogP contribution in [0.25, 0.3) is 0 Å². The number of aliphatic hydroxyl groups excluding tert-OH is 1. The average Bonchev–Trinajstić information content (AvgIpc) is 3.17. The Labute approximate surface area is 165 Å². The van der Waals surface area contributed by atoms with Gasteiger partial charge in [0.15, 0.2) is 0 Å². The monoisotopic (exact) mass is 392 g/mol. The number of carbonyl (C=O) groups excluding carboxylic acids is 1. The Hall–Kier alpha value is -0.950. The molecular weight excluding hydrogens is 360 g/mol. The summed E-state index contributed by atoms with van der Waals surface area (Å²) < 4.78 is 5.14. The molecule has 4 saturated carbocycles. The summed E-state index contributed by atoms with van der Waals surface area (Å²) in [6.07, 6.45) is 6.17. The first-order valence-electron chi connectivity index (χ1n) is 10.9. The molecule has 4 aliphatic carbocycles. The molecule has 0 spiro atoms. The van der Waals surface area contributed by atoms with Gasteiger partial charge in [0, 0.05) is 17.9 Å². The van der Waals surface area contributed by atoms with Crippen LogP contribution in [-0.2, 0) is 9.53 Å². The van der Waals surface area contributed by atoms with E-state index in [1.54, 1.807) is 6.08 Å². The standard InChI is InChI=1S/C22H32O6/c1-19-6-3-17-16(4-7-20(25)11-14(23)2-8-22(17,20)27)21(19,26)9-5-15(19)13-10-18(24)28-12-13/h10,14-17,23,25-27H,2-9,11-12H2,1H3/t14-,15-,16+,17-,19-,20+,21-,22+/m1/s1. The number of fused-ring (bicyclic) bond motifs is 5. The number of hydrogen-bond donors (Lipinski definition) is 4. The molecule has 6 heteroatoms. The van der Waals surface area contributed by atoms with E-state index in [0.717, 1.165) is 24.8 Å². The molecule has 0 aromatic heterocycles. The maximum Gasteiger partial charge on any atom is 0.331 e. The molecule has 0 radical (unpaired) electrons. The van der Waals surface area contributed by atoms with Gasteiger partial charge in [0.2, 0.25) is 0 Å². The van der Waals surface area contributed by atoms with Crippen molar-refractivity contribution < 1.29 is 30.0 Å². The van der Waals surface area contributed by atoms with Gasteiger partial charge in [0.05, 0.1) is 22.9 Å². The molecule has 4 fully saturated rings. The summed E-state index contributed by atoms with van der Waals surface area (Å²) in [6, 6.07) is 0. The Balaban J connectivity index is 1.49. The lowest BCUT2D eigenvalue weighted by molar-refractivity contribution is -0.288. The third-order valence-corrected chi connectivity index (χ3v) is 9.50. The fourth-order valence-corrected chi connectivity index (χ4v) is 7.99. The molecule has 0 aromatic carbocycles. The van der Waals surface area contributed by atoms with Crippen molar-refractivity contribution in [2.75, 3.05) is 6.61 Å². The zero-order chi connectivity index (χ0) is 19.9. The van der Waals surface area contributed by atoms with E-state index in [4.69, 9.17) is 4.74 Å². The summed E-state index contributed by atoms with van der Waals surface area (Å²) in [5, 5.41) is 45.0. The van der Waals surface area contributed by atoms with Crippen molar-refractivity contribution in [1.82, 2.24) is 0 Å². The van der Waals surface area contributed by atoms with Crippen molar-refractivity contribution >= 4 is 5.97 Å². The number of aliphatic hydroxyl groups is 4. The zero-order valence-electron chi connectivity index (χ0n) is 16.6. The number of hydrogen-bond acceptors (Lipinski definition) is 6. The van der Waals surface area contributed by atoms with E-state index in [2.05, 4.69) is 6.92 Å². The van der Waals surface area contributed by atoms with Gasteiger partial charge in [0.25, 0.3) is 0 Å². The molecule has 5 rings (SSSR count). The van der Waals surface area contributed by atoms with Gasteiger partial charge in [0.1, 0.15) is 6.61 Å². The van der Waals surface area contributed by atoms with Crippen molar-refractivity contribution in [3.8, 4) is 0 Å². The molecule has 8 atom stereocenters. The van der Waals surface area contributed by atoms with Crippen LogP contribution in [0.1, 0.15) is 64.7 Å². The fraction of sp³-hybridized carbons (Fsp3) is 0.864. The van der Waals surface area contributed by atoms with Crippen LogP contribution in [0.2, 0.25) is 0 Å². The van der Waals surface area contributed by atoms with Gasteiger partial charge < -0.3 is 25.2 Å². The van der Waals surface area contributed by atoms with Gasteiger partial charge in [-0.25, -0.2) is 4.79 Å². The van der Waals surface area contributed by atoms with Gasteiger partial charge in [-0.05, 0) is 74.7 Å². The van der Waals surface area contributed by atoms with E-state index >= 15 is 0 Å². The van der Waals surface area contributed by atoms with E-state index in [-0.39, 0.29) is 35.6 Å². The molecule has 6 nitrogen and oxygen atoms in total. The first-order valence-corrected chi connectivity index (χ1v) is 10.9. The van der Waals surface area contributed by atoms with E-state index in [1.165, 1.54) is 0 Å². The van der Waals surface area contributed by atoms with Gasteiger partial charge in [-0.3, -0.25) is 0 Å². The second kappa shape index (κ2) is 5.81. The first-order chi connectivity index (χ1) is 13.1. The van der Waals surface area contributed by atoms with Gasteiger partial charge in [-0.15, -0.1) is 0 Å². The minimum Gasteiger partial charge on any atom is -0.458 e. The number of ether oxygens (including phenoxy) is 1. The number of carbonyl (C=O) groups is 1. The van der Waals surface area contributed by atoms with Crippen LogP contribution < -0.4 is 0 Å². The van der Waals surface area contributed by atoms with Gasteiger partial charge in [-0.1, -0.05) is 6.92 Å². The van der Waals surface area contributed by atoms with Crippen molar-refractivity contribution in [3.63, 3.8) is 0 Å². The molecule has 0 aromatic rings. The SMILES string of the molecule is C[C@]12CC[C@@H]3[C@H](CC[C@]4(O)C[C@H](O)CC[C@]34O)[C@]1(O)CC[C@@H]2C1=CC(=O)OC1. The average molecular weight is 392 g/mol. The van der Waals surface area contributed by atoms with Crippen molar-refractivity contribution in [2.24, 2.45) is 23.2 Å². The van der Waals surface area contributed by atoms with Crippen molar-refractivity contribution in [3.05, 3.63) is 11.6 Å². The van der Waals surface area contributed by atoms with Crippen LogP contribution in [0.5, 0.6) is 0 Å². The third-order valence-electron chi connectivity index (χ3n) is 9.50. The Kier molecular flexibility index (Phi) is 3.95. The lowest BCUT2D eigenvalue weighted by atomic mass is 9.45. The molecule has 0 amide bonds. The maximum atomic E-state index is 12.0. The molecule has 156 valence electrons. The molecule has 0 unspecified atom stereocenters. The van der Waals surface area contributed by atoms with Crippen molar-refractivity contribution in [2.45, 2.75) is 87.6 Å². The topological polar surface area (TPSA) is 107 Å². The van der Waals surface area contributed by atoms with Crippen molar-refractivity contribution in [1.29, 1.82) is 0 Å². The van der Waals surface area contributed by atoms with Crippen LogP contribution in [0, 0.1) is 23.2 Å². The Morgan fingerprint density at radius 2 is 1.64 bits per heavy atom. The predicted molar refractivity (Wildman–Crippen MR) is 100 cm³/mol. The smallest absolute Gasteiger partial charge is 0.331 e. The van der Waals surface area contributed by atoms with E-state index in [1.807, 2.05) is 0 Å². The van der Waals surface area contributed by atoms with Crippen LogP contribution >= 0.6 is 0 Å². The first kappa shape index (κ1) is 19.0.